The SMILES string of the molecule is C=Cc1ccccc1N1CCCCC1=O. The summed E-state index contributed by atoms with van der Waals surface area (Å²) in [6, 6.07) is 7.91. The van der Waals surface area contributed by atoms with Crippen LogP contribution in [0.3, 0.4) is 0 Å². The van der Waals surface area contributed by atoms with Crippen LogP contribution in [0.2, 0.25) is 0 Å². The number of carbonyl (C=O) groups excluding carboxylic acids is 1. The van der Waals surface area contributed by atoms with E-state index in [-0.39, 0.29) is 5.91 Å². The van der Waals surface area contributed by atoms with E-state index in [4.69, 9.17) is 0 Å². The third kappa shape index (κ3) is 1.94. The van der Waals surface area contributed by atoms with Gasteiger partial charge in [-0.25, -0.2) is 0 Å². The highest BCUT2D eigenvalue weighted by Gasteiger charge is 2.20. The van der Waals surface area contributed by atoms with Gasteiger partial charge < -0.3 is 4.90 Å². The maximum absolute atomic E-state index is 11.8. The molecule has 0 aliphatic carbocycles. The highest BCUT2D eigenvalue weighted by atomic mass is 16.2. The lowest BCUT2D eigenvalue weighted by atomic mass is 10.1. The molecule has 0 saturated carbocycles. The number of piperidine rings is 1. The Morgan fingerprint density at radius 2 is 2.07 bits per heavy atom. The Morgan fingerprint density at radius 1 is 1.27 bits per heavy atom. The third-order valence-electron chi connectivity index (χ3n) is 2.77. The average molecular weight is 201 g/mol. The molecule has 2 heteroatoms. The summed E-state index contributed by atoms with van der Waals surface area (Å²) < 4.78 is 0. The third-order valence-corrected chi connectivity index (χ3v) is 2.77. The molecule has 1 aliphatic rings. The van der Waals surface area contributed by atoms with Gasteiger partial charge in [0.2, 0.25) is 5.91 Å². The number of hydrogen-bond acceptors (Lipinski definition) is 1. The van der Waals surface area contributed by atoms with Crippen LogP contribution in [0.15, 0.2) is 30.8 Å². The molecule has 1 aromatic carbocycles. The molecule has 2 rings (SSSR count). The van der Waals surface area contributed by atoms with Crippen LogP contribution >= 0.6 is 0 Å². The Kier molecular flexibility index (Phi) is 2.86. The molecule has 0 spiro atoms. The molecular weight excluding hydrogens is 186 g/mol. The van der Waals surface area contributed by atoms with E-state index in [2.05, 4.69) is 6.58 Å². The highest BCUT2D eigenvalue weighted by molar-refractivity contribution is 5.95. The van der Waals surface area contributed by atoms with Crippen LogP contribution < -0.4 is 4.90 Å². The standard InChI is InChI=1S/C13H15NO/c1-2-11-7-3-4-8-12(11)14-10-6-5-9-13(14)15/h2-4,7-8H,1,5-6,9-10H2. The number of anilines is 1. The van der Waals surface area contributed by atoms with Gasteiger partial charge in [0.1, 0.15) is 0 Å². The van der Waals surface area contributed by atoms with Gasteiger partial charge in [0.25, 0.3) is 0 Å². The summed E-state index contributed by atoms with van der Waals surface area (Å²) >= 11 is 0. The lowest BCUT2D eigenvalue weighted by Gasteiger charge is -2.28. The van der Waals surface area contributed by atoms with Gasteiger partial charge in [-0.3, -0.25) is 4.79 Å². The molecule has 2 nitrogen and oxygen atoms in total. The number of amides is 1. The van der Waals surface area contributed by atoms with Crippen LogP contribution in [0, 0.1) is 0 Å². The number of para-hydroxylation sites is 1. The summed E-state index contributed by atoms with van der Waals surface area (Å²) in [4.78, 5) is 13.6. The summed E-state index contributed by atoms with van der Waals surface area (Å²) in [7, 11) is 0. The second-order valence-electron chi connectivity index (χ2n) is 3.77. The lowest BCUT2D eigenvalue weighted by Crippen LogP contribution is -2.35. The average Bonchev–Trinajstić information content (AvgIpc) is 2.30. The first-order chi connectivity index (χ1) is 7.33. The van der Waals surface area contributed by atoms with Gasteiger partial charge >= 0.3 is 0 Å². The zero-order valence-electron chi connectivity index (χ0n) is 8.78. The van der Waals surface area contributed by atoms with Gasteiger partial charge in [-0.05, 0) is 24.5 Å². The fourth-order valence-electron chi connectivity index (χ4n) is 1.97. The molecule has 0 radical (unpaired) electrons. The Hall–Kier alpha value is -1.57. The predicted molar refractivity (Wildman–Crippen MR) is 62.7 cm³/mol. The number of nitrogens with zero attached hydrogens (tertiary/aromatic N) is 1. The van der Waals surface area contributed by atoms with Crippen molar-refractivity contribution in [2.24, 2.45) is 0 Å². The summed E-state index contributed by atoms with van der Waals surface area (Å²) in [5, 5.41) is 0. The molecule has 0 atom stereocenters. The second kappa shape index (κ2) is 4.30. The molecule has 78 valence electrons. The van der Waals surface area contributed by atoms with E-state index in [1.54, 1.807) is 6.08 Å². The van der Waals surface area contributed by atoms with Crippen molar-refractivity contribution in [3.8, 4) is 0 Å². The summed E-state index contributed by atoms with van der Waals surface area (Å²) in [6.07, 6.45) is 4.59. The van der Waals surface area contributed by atoms with Crippen molar-refractivity contribution in [1.29, 1.82) is 0 Å². The second-order valence-corrected chi connectivity index (χ2v) is 3.77. The molecule has 0 aromatic heterocycles. The number of hydrogen-bond donors (Lipinski definition) is 0. The Labute approximate surface area is 90.2 Å². The van der Waals surface area contributed by atoms with Gasteiger partial charge in [0.15, 0.2) is 0 Å². The first kappa shape index (κ1) is 9.97. The van der Waals surface area contributed by atoms with Gasteiger partial charge in [0, 0.05) is 13.0 Å². The van der Waals surface area contributed by atoms with Crippen molar-refractivity contribution in [3.05, 3.63) is 36.4 Å². The van der Waals surface area contributed by atoms with Crippen molar-refractivity contribution < 1.29 is 4.79 Å². The molecule has 1 saturated heterocycles. The smallest absolute Gasteiger partial charge is 0.226 e. The molecular formula is C13H15NO. The first-order valence-electron chi connectivity index (χ1n) is 5.35. The van der Waals surface area contributed by atoms with Crippen molar-refractivity contribution in [3.63, 3.8) is 0 Å². The van der Waals surface area contributed by atoms with Crippen LogP contribution in [0.25, 0.3) is 6.08 Å². The molecule has 0 N–H and O–H groups in total. The Morgan fingerprint density at radius 3 is 2.80 bits per heavy atom. The van der Waals surface area contributed by atoms with E-state index in [1.165, 1.54) is 0 Å². The zero-order chi connectivity index (χ0) is 10.7. The van der Waals surface area contributed by atoms with E-state index in [0.29, 0.717) is 6.42 Å². The molecule has 1 aromatic rings. The fraction of sp³-hybridized carbons (Fsp3) is 0.308. The molecule has 0 unspecified atom stereocenters. The number of carbonyl (C=O) groups is 1. The summed E-state index contributed by atoms with van der Waals surface area (Å²) in [6.45, 7) is 4.61. The van der Waals surface area contributed by atoms with E-state index < -0.39 is 0 Å². The minimum Gasteiger partial charge on any atom is -0.312 e. The Bertz CT molecular complexity index is 384. The fourth-order valence-corrected chi connectivity index (χ4v) is 1.97. The van der Waals surface area contributed by atoms with Crippen molar-refractivity contribution in [2.45, 2.75) is 19.3 Å². The van der Waals surface area contributed by atoms with E-state index in [0.717, 1.165) is 30.6 Å². The molecule has 1 amide bonds. The van der Waals surface area contributed by atoms with Crippen LogP contribution in [0.5, 0.6) is 0 Å². The normalized spacial score (nSPS) is 16.5. The van der Waals surface area contributed by atoms with E-state index >= 15 is 0 Å². The highest BCUT2D eigenvalue weighted by Crippen LogP contribution is 2.25. The summed E-state index contributed by atoms with van der Waals surface area (Å²) in [5.41, 5.74) is 2.03. The molecule has 0 bridgehead atoms. The zero-order valence-corrected chi connectivity index (χ0v) is 8.78. The first-order valence-corrected chi connectivity index (χ1v) is 5.35. The van der Waals surface area contributed by atoms with Gasteiger partial charge in [-0.2, -0.15) is 0 Å². The van der Waals surface area contributed by atoms with Crippen molar-refractivity contribution in [2.75, 3.05) is 11.4 Å². The molecule has 1 fully saturated rings. The quantitative estimate of drug-likeness (QED) is 0.720. The van der Waals surface area contributed by atoms with Crippen LogP contribution in [-0.4, -0.2) is 12.5 Å². The maximum Gasteiger partial charge on any atom is 0.226 e. The predicted octanol–water partition coefficient (Wildman–Crippen LogP) is 2.85. The van der Waals surface area contributed by atoms with Gasteiger partial charge in [0.05, 0.1) is 5.69 Å². The van der Waals surface area contributed by atoms with Crippen molar-refractivity contribution in [1.82, 2.24) is 0 Å². The Balaban J connectivity index is 2.34. The van der Waals surface area contributed by atoms with E-state index in [9.17, 15) is 4.79 Å². The van der Waals surface area contributed by atoms with Gasteiger partial charge in [-0.1, -0.05) is 30.9 Å². The van der Waals surface area contributed by atoms with Crippen LogP contribution in [0.1, 0.15) is 24.8 Å². The monoisotopic (exact) mass is 201 g/mol. The molecule has 1 heterocycles. The van der Waals surface area contributed by atoms with Gasteiger partial charge in [-0.15, -0.1) is 0 Å². The van der Waals surface area contributed by atoms with Crippen LogP contribution in [0.4, 0.5) is 5.69 Å². The lowest BCUT2D eigenvalue weighted by molar-refractivity contribution is -0.119. The van der Waals surface area contributed by atoms with Crippen molar-refractivity contribution >= 4 is 17.7 Å². The molecule has 1 aliphatic heterocycles. The van der Waals surface area contributed by atoms with Crippen LogP contribution in [-0.2, 0) is 4.79 Å². The number of rotatable bonds is 2. The minimum absolute atomic E-state index is 0.232. The topological polar surface area (TPSA) is 20.3 Å². The largest absolute Gasteiger partial charge is 0.312 e. The summed E-state index contributed by atoms with van der Waals surface area (Å²) in [5.74, 6) is 0.232. The van der Waals surface area contributed by atoms with E-state index in [1.807, 2.05) is 29.2 Å². The number of benzene rings is 1. The molecule has 15 heavy (non-hydrogen) atoms. The minimum atomic E-state index is 0.232. The maximum atomic E-state index is 11.8.